The smallest absolute Gasteiger partial charge is 0.335 e. The molecule has 9 heteroatoms. The number of urea groups is 1. The van der Waals surface area contributed by atoms with Crippen molar-refractivity contribution < 1.29 is 33.0 Å². The third kappa shape index (κ3) is 3.62. The maximum Gasteiger partial charge on any atom is 0.335 e. The molecule has 1 aliphatic rings. The molecule has 0 aliphatic carbocycles. The summed E-state index contributed by atoms with van der Waals surface area (Å²) in [5.74, 6) is -1.34. The molecule has 1 heterocycles. The molecule has 2 aromatic rings. The zero-order chi connectivity index (χ0) is 21.1. The lowest BCUT2D eigenvalue weighted by Crippen LogP contribution is -2.54. The zero-order valence-electron chi connectivity index (χ0n) is 15.8. The van der Waals surface area contributed by atoms with Gasteiger partial charge in [-0.2, -0.15) is 0 Å². The van der Waals surface area contributed by atoms with E-state index in [1.54, 1.807) is 12.1 Å². The first-order valence-electron chi connectivity index (χ1n) is 8.37. The van der Waals surface area contributed by atoms with E-state index in [1.165, 1.54) is 39.5 Å². The number of carbonyl (C=O) groups is 3. The van der Waals surface area contributed by atoms with Crippen LogP contribution in [0.1, 0.15) is 5.56 Å². The monoisotopic (exact) mass is 400 g/mol. The number of hydrogen-bond donors (Lipinski definition) is 1. The van der Waals surface area contributed by atoms with Crippen molar-refractivity contribution in [1.29, 1.82) is 0 Å². The van der Waals surface area contributed by atoms with Crippen molar-refractivity contribution in [3.63, 3.8) is 0 Å². The number of halogens is 1. The van der Waals surface area contributed by atoms with Gasteiger partial charge in [-0.25, -0.2) is 14.1 Å². The average molecular weight is 400 g/mol. The highest BCUT2D eigenvalue weighted by atomic mass is 19.1. The SMILES string of the molecule is COc1ccc(/C=C2\C(=O)NC(=O)N(c3ccc(F)cc3)C2=O)c(OC)c1OC. The fraction of sp³-hybridized carbons (Fsp3) is 0.150. The summed E-state index contributed by atoms with van der Waals surface area (Å²) < 4.78 is 29.0. The third-order valence-corrected chi connectivity index (χ3v) is 4.22. The van der Waals surface area contributed by atoms with Gasteiger partial charge in [-0.1, -0.05) is 0 Å². The third-order valence-electron chi connectivity index (χ3n) is 4.22. The van der Waals surface area contributed by atoms with Gasteiger partial charge >= 0.3 is 6.03 Å². The van der Waals surface area contributed by atoms with Crippen LogP contribution in [0.3, 0.4) is 0 Å². The van der Waals surface area contributed by atoms with E-state index in [0.717, 1.165) is 17.0 Å². The van der Waals surface area contributed by atoms with E-state index in [-0.39, 0.29) is 22.8 Å². The molecule has 0 aromatic heterocycles. The van der Waals surface area contributed by atoms with Crippen LogP contribution in [0.4, 0.5) is 14.9 Å². The summed E-state index contributed by atoms with van der Waals surface area (Å²) in [6.45, 7) is 0. The van der Waals surface area contributed by atoms with E-state index in [0.29, 0.717) is 11.3 Å². The molecule has 0 spiro atoms. The molecule has 8 nitrogen and oxygen atoms in total. The van der Waals surface area contributed by atoms with E-state index in [2.05, 4.69) is 5.32 Å². The van der Waals surface area contributed by atoms with E-state index >= 15 is 0 Å². The first kappa shape index (κ1) is 19.9. The number of imide groups is 2. The molecule has 2 aromatic carbocycles. The van der Waals surface area contributed by atoms with Crippen LogP contribution in [0.25, 0.3) is 6.08 Å². The second-order valence-corrected chi connectivity index (χ2v) is 5.86. The summed E-state index contributed by atoms with van der Waals surface area (Å²) in [6, 6.07) is 6.96. The Morgan fingerprint density at radius 1 is 0.897 bits per heavy atom. The Morgan fingerprint density at radius 3 is 2.14 bits per heavy atom. The quantitative estimate of drug-likeness (QED) is 0.612. The van der Waals surface area contributed by atoms with E-state index in [9.17, 15) is 18.8 Å². The molecule has 0 unspecified atom stereocenters. The number of hydrogen-bond acceptors (Lipinski definition) is 6. The number of nitrogens with zero attached hydrogens (tertiary/aromatic N) is 1. The summed E-state index contributed by atoms with van der Waals surface area (Å²) in [7, 11) is 4.28. The van der Waals surface area contributed by atoms with Crippen LogP contribution in [-0.4, -0.2) is 39.2 Å². The number of nitrogens with one attached hydrogen (secondary N) is 1. The van der Waals surface area contributed by atoms with Gasteiger partial charge in [-0.15, -0.1) is 0 Å². The van der Waals surface area contributed by atoms with Crippen molar-refractivity contribution >= 4 is 29.6 Å². The fourth-order valence-electron chi connectivity index (χ4n) is 2.88. The minimum atomic E-state index is -0.928. The predicted octanol–water partition coefficient (Wildman–Crippen LogP) is 2.52. The zero-order valence-corrected chi connectivity index (χ0v) is 15.8. The van der Waals surface area contributed by atoms with Gasteiger partial charge in [0.05, 0.1) is 27.0 Å². The average Bonchev–Trinajstić information content (AvgIpc) is 2.71. The van der Waals surface area contributed by atoms with Crippen molar-refractivity contribution in [2.45, 2.75) is 0 Å². The lowest BCUT2D eigenvalue weighted by molar-refractivity contribution is -0.122. The fourth-order valence-corrected chi connectivity index (χ4v) is 2.88. The minimum Gasteiger partial charge on any atom is -0.493 e. The Hall–Kier alpha value is -3.88. The van der Waals surface area contributed by atoms with Crippen LogP contribution in [0, 0.1) is 5.82 Å². The first-order chi connectivity index (χ1) is 13.9. The number of carbonyl (C=O) groups excluding carboxylic acids is 3. The number of ether oxygens (including phenoxy) is 3. The highest BCUT2D eigenvalue weighted by Crippen LogP contribution is 2.40. The molecular formula is C20H17FN2O6. The van der Waals surface area contributed by atoms with Crippen molar-refractivity contribution in [2.75, 3.05) is 26.2 Å². The topological polar surface area (TPSA) is 94.2 Å². The number of methoxy groups -OCH3 is 3. The number of benzene rings is 2. The summed E-state index contributed by atoms with van der Waals surface area (Å²) in [5, 5.41) is 2.10. The maximum absolute atomic E-state index is 13.2. The number of barbiturate groups is 1. The summed E-state index contributed by atoms with van der Waals surface area (Å²) >= 11 is 0. The molecular weight excluding hydrogens is 383 g/mol. The van der Waals surface area contributed by atoms with Gasteiger partial charge in [0.1, 0.15) is 11.4 Å². The molecule has 0 bridgehead atoms. The molecule has 3 rings (SSSR count). The van der Waals surface area contributed by atoms with Gasteiger partial charge in [-0.3, -0.25) is 14.9 Å². The summed E-state index contributed by atoms with van der Waals surface area (Å²) in [4.78, 5) is 38.2. The van der Waals surface area contributed by atoms with Crippen LogP contribution in [0.15, 0.2) is 42.0 Å². The van der Waals surface area contributed by atoms with Crippen LogP contribution in [0.5, 0.6) is 17.2 Å². The molecule has 1 aliphatic heterocycles. The minimum absolute atomic E-state index is 0.117. The van der Waals surface area contributed by atoms with Crippen LogP contribution in [0.2, 0.25) is 0 Å². The van der Waals surface area contributed by atoms with E-state index in [1.807, 2.05) is 0 Å². The Morgan fingerprint density at radius 2 is 1.55 bits per heavy atom. The second kappa shape index (κ2) is 8.01. The molecule has 29 heavy (non-hydrogen) atoms. The number of anilines is 1. The van der Waals surface area contributed by atoms with Gasteiger partial charge < -0.3 is 14.2 Å². The van der Waals surface area contributed by atoms with Crippen LogP contribution in [-0.2, 0) is 9.59 Å². The maximum atomic E-state index is 13.2. The molecule has 4 amide bonds. The van der Waals surface area contributed by atoms with Gasteiger partial charge in [0.25, 0.3) is 11.8 Å². The second-order valence-electron chi connectivity index (χ2n) is 5.86. The highest BCUT2D eigenvalue weighted by Gasteiger charge is 2.37. The van der Waals surface area contributed by atoms with Gasteiger partial charge in [0.2, 0.25) is 5.75 Å². The Balaban J connectivity index is 2.08. The van der Waals surface area contributed by atoms with Crippen molar-refractivity contribution in [3.8, 4) is 17.2 Å². The summed E-state index contributed by atoms with van der Waals surface area (Å²) in [6.07, 6.45) is 1.28. The number of rotatable bonds is 5. The van der Waals surface area contributed by atoms with Crippen LogP contribution >= 0.6 is 0 Å². The molecule has 1 N–H and O–H groups in total. The molecule has 1 fully saturated rings. The van der Waals surface area contributed by atoms with Crippen molar-refractivity contribution in [3.05, 3.63) is 53.4 Å². The number of amides is 4. The standard InChI is InChI=1S/C20H17FN2O6/c1-27-15-9-4-11(16(28-2)17(15)29-3)10-14-18(24)22-20(26)23(19(14)25)13-7-5-12(21)6-8-13/h4-10H,1-3H3,(H,22,24,26)/b14-10+. The van der Waals surface area contributed by atoms with Gasteiger partial charge in [-0.05, 0) is 42.5 Å². The molecule has 0 saturated carbocycles. The normalized spacial score (nSPS) is 15.4. The molecule has 0 atom stereocenters. The predicted molar refractivity (Wildman–Crippen MR) is 101 cm³/mol. The molecule has 1 saturated heterocycles. The Kier molecular flexibility index (Phi) is 5.49. The lowest BCUT2D eigenvalue weighted by atomic mass is 10.1. The van der Waals surface area contributed by atoms with Gasteiger partial charge in [0.15, 0.2) is 11.5 Å². The summed E-state index contributed by atoms with van der Waals surface area (Å²) in [5.41, 5.74) is 0.170. The van der Waals surface area contributed by atoms with Crippen LogP contribution < -0.4 is 24.4 Å². The van der Waals surface area contributed by atoms with Gasteiger partial charge in [0, 0.05) is 5.56 Å². The van der Waals surface area contributed by atoms with Crippen molar-refractivity contribution in [1.82, 2.24) is 5.32 Å². The lowest BCUT2D eigenvalue weighted by Gasteiger charge is -2.26. The largest absolute Gasteiger partial charge is 0.493 e. The molecule has 150 valence electrons. The Labute approximate surface area is 165 Å². The molecule has 0 radical (unpaired) electrons. The Bertz CT molecular complexity index is 1020. The highest BCUT2D eigenvalue weighted by molar-refractivity contribution is 6.39. The first-order valence-corrected chi connectivity index (χ1v) is 8.37. The van der Waals surface area contributed by atoms with E-state index < -0.39 is 23.7 Å². The van der Waals surface area contributed by atoms with Crippen molar-refractivity contribution in [2.24, 2.45) is 0 Å². The van der Waals surface area contributed by atoms with E-state index in [4.69, 9.17) is 14.2 Å².